The zero-order valence-electron chi connectivity index (χ0n) is 8.32. The van der Waals surface area contributed by atoms with E-state index in [4.69, 9.17) is 9.47 Å². The van der Waals surface area contributed by atoms with Gasteiger partial charge in [-0.2, -0.15) is 0 Å². The van der Waals surface area contributed by atoms with E-state index in [1.54, 1.807) is 0 Å². The molecule has 1 aromatic heterocycles. The fraction of sp³-hybridized carbons (Fsp3) is 0.600. The topological polar surface area (TPSA) is 46.3 Å². The second-order valence-electron chi connectivity index (χ2n) is 3.38. The standard InChI is InChI=1S/C10H16N2O2/c1-11-10(8-3-2-4-12-8)9-7-13-5-6-14-9/h2-4,9-12H,5-7H2,1H3. The van der Waals surface area contributed by atoms with Gasteiger partial charge < -0.3 is 19.8 Å². The fourth-order valence-corrected chi connectivity index (χ4v) is 1.78. The molecule has 1 saturated heterocycles. The Hall–Kier alpha value is -0.840. The maximum atomic E-state index is 5.65. The molecular formula is C10H16N2O2. The lowest BCUT2D eigenvalue weighted by Crippen LogP contribution is -2.39. The molecule has 0 aromatic carbocycles. The Kier molecular flexibility index (Phi) is 3.18. The number of rotatable bonds is 3. The average molecular weight is 196 g/mol. The normalized spacial score (nSPS) is 24.8. The van der Waals surface area contributed by atoms with E-state index < -0.39 is 0 Å². The van der Waals surface area contributed by atoms with Crippen molar-refractivity contribution in [3.8, 4) is 0 Å². The van der Waals surface area contributed by atoms with Crippen molar-refractivity contribution in [1.29, 1.82) is 0 Å². The summed E-state index contributed by atoms with van der Waals surface area (Å²) in [6.07, 6.45) is 2.02. The Bertz CT molecular complexity index is 255. The first kappa shape index (κ1) is 9.71. The first-order valence-corrected chi connectivity index (χ1v) is 4.91. The second-order valence-corrected chi connectivity index (χ2v) is 3.38. The molecule has 0 bridgehead atoms. The summed E-state index contributed by atoms with van der Waals surface area (Å²) in [7, 11) is 1.93. The molecule has 2 atom stereocenters. The van der Waals surface area contributed by atoms with Crippen molar-refractivity contribution >= 4 is 0 Å². The van der Waals surface area contributed by atoms with Crippen LogP contribution in [0.25, 0.3) is 0 Å². The largest absolute Gasteiger partial charge is 0.376 e. The maximum Gasteiger partial charge on any atom is 0.102 e. The summed E-state index contributed by atoms with van der Waals surface area (Å²) in [4.78, 5) is 3.19. The molecule has 0 amide bonds. The molecule has 1 aliphatic heterocycles. The first-order chi connectivity index (χ1) is 6.92. The van der Waals surface area contributed by atoms with E-state index in [2.05, 4.69) is 16.4 Å². The first-order valence-electron chi connectivity index (χ1n) is 4.91. The Balaban J connectivity index is 2.04. The fourth-order valence-electron chi connectivity index (χ4n) is 1.78. The minimum atomic E-state index is 0.104. The van der Waals surface area contributed by atoms with Gasteiger partial charge in [-0.25, -0.2) is 0 Å². The van der Waals surface area contributed by atoms with Gasteiger partial charge in [0.2, 0.25) is 0 Å². The maximum absolute atomic E-state index is 5.65. The zero-order chi connectivity index (χ0) is 9.80. The third-order valence-corrected chi connectivity index (χ3v) is 2.48. The number of hydrogen-bond donors (Lipinski definition) is 2. The van der Waals surface area contributed by atoms with Gasteiger partial charge in [0, 0.05) is 11.9 Å². The van der Waals surface area contributed by atoms with Gasteiger partial charge in [-0.3, -0.25) is 0 Å². The molecule has 4 nitrogen and oxygen atoms in total. The number of aromatic amines is 1. The summed E-state index contributed by atoms with van der Waals surface area (Å²) in [6.45, 7) is 2.05. The number of H-pyrrole nitrogens is 1. The van der Waals surface area contributed by atoms with E-state index in [9.17, 15) is 0 Å². The SMILES string of the molecule is CNC(c1ccc[nH]1)C1COCCO1. The lowest BCUT2D eigenvalue weighted by molar-refractivity contribution is -0.102. The van der Waals surface area contributed by atoms with Crippen molar-refractivity contribution in [3.05, 3.63) is 24.0 Å². The van der Waals surface area contributed by atoms with Gasteiger partial charge in [0.05, 0.1) is 25.9 Å². The molecule has 0 saturated carbocycles. The van der Waals surface area contributed by atoms with Crippen molar-refractivity contribution in [3.63, 3.8) is 0 Å². The third-order valence-electron chi connectivity index (χ3n) is 2.48. The van der Waals surface area contributed by atoms with Crippen LogP contribution in [-0.4, -0.2) is 38.0 Å². The van der Waals surface area contributed by atoms with E-state index in [0.717, 1.165) is 5.69 Å². The molecule has 2 heterocycles. The third kappa shape index (κ3) is 1.97. The predicted molar refractivity (Wildman–Crippen MR) is 53.2 cm³/mol. The number of nitrogens with one attached hydrogen (secondary N) is 2. The van der Waals surface area contributed by atoms with E-state index in [1.807, 2.05) is 19.3 Å². The molecule has 78 valence electrons. The Morgan fingerprint density at radius 3 is 3.07 bits per heavy atom. The number of likely N-dealkylation sites (N-methyl/N-ethyl adjacent to an activating group) is 1. The molecule has 2 N–H and O–H groups in total. The Morgan fingerprint density at radius 2 is 2.50 bits per heavy atom. The summed E-state index contributed by atoms with van der Waals surface area (Å²) in [5.41, 5.74) is 1.14. The van der Waals surface area contributed by atoms with E-state index in [1.165, 1.54) is 0 Å². The Labute approximate surface area is 83.6 Å². The van der Waals surface area contributed by atoms with Gasteiger partial charge in [0.15, 0.2) is 0 Å². The minimum Gasteiger partial charge on any atom is -0.376 e. The molecule has 1 fully saturated rings. The number of ether oxygens (including phenoxy) is 2. The summed E-state index contributed by atoms with van der Waals surface area (Å²) >= 11 is 0. The zero-order valence-corrected chi connectivity index (χ0v) is 8.32. The van der Waals surface area contributed by atoms with Crippen LogP contribution in [0.3, 0.4) is 0 Å². The van der Waals surface area contributed by atoms with Crippen molar-refractivity contribution in [1.82, 2.24) is 10.3 Å². The quantitative estimate of drug-likeness (QED) is 0.747. The molecule has 2 rings (SSSR count). The van der Waals surface area contributed by atoms with Crippen LogP contribution in [-0.2, 0) is 9.47 Å². The van der Waals surface area contributed by atoms with Gasteiger partial charge in [-0.15, -0.1) is 0 Å². The summed E-state index contributed by atoms with van der Waals surface area (Å²) in [5, 5.41) is 3.24. The highest BCUT2D eigenvalue weighted by atomic mass is 16.6. The van der Waals surface area contributed by atoms with Gasteiger partial charge in [0.1, 0.15) is 6.10 Å². The van der Waals surface area contributed by atoms with E-state index >= 15 is 0 Å². The van der Waals surface area contributed by atoms with Gasteiger partial charge in [-0.1, -0.05) is 0 Å². The van der Waals surface area contributed by atoms with Gasteiger partial charge in [-0.05, 0) is 19.2 Å². The van der Waals surface area contributed by atoms with Crippen molar-refractivity contribution < 1.29 is 9.47 Å². The molecule has 1 aromatic rings. The molecule has 4 heteroatoms. The van der Waals surface area contributed by atoms with Crippen LogP contribution >= 0.6 is 0 Å². The van der Waals surface area contributed by atoms with Crippen LogP contribution < -0.4 is 5.32 Å². The number of aromatic nitrogens is 1. The van der Waals surface area contributed by atoms with Crippen molar-refractivity contribution in [2.45, 2.75) is 12.1 Å². The van der Waals surface area contributed by atoms with Crippen LogP contribution in [0.2, 0.25) is 0 Å². The van der Waals surface area contributed by atoms with Crippen molar-refractivity contribution in [2.75, 3.05) is 26.9 Å². The summed E-state index contributed by atoms with van der Waals surface area (Å²) in [5.74, 6) is 0. The molecule has 0 aliphatic carbocycles. The average Bonchev–Trinajstić information content (AvgIpc) is 2.74. The molecular weight excluding hydrogens is 180 g/mol. The molecule has 14 heavy (non-hydrogen) atoms. The lowest BCUT2D eigenvalue weighted by Gasteiger charge is -2.29. The molecule has 2 unspecified atom stereocenters. The van der Waals surface area contributed by atoms with Crippen molar-refractivity contribution in [2.24, 2.45) is 0 Å². The second kappa shape index (κ2) is 4.59. The van der Waals surface area contributed by atoms with E-state index in [-0.39, 0.29) is 12.1 Å². The summed E-state index contributed by atoms with van der Waals surface area (Å²) < 4.78 is 11.0. The van der Waals surface area contributed by atoms with Gasteiger partial charge >= 0.3 is 0 Å². The van der Waals surface area contributed by atoms with Crippen LogP contribution in [0.4, 0.5) is 0 Å². The number of hydrogen-bond acceptors (Lipinski definition) is 3. The highest BCUT2D eigenvalue weighted by Gasteiger charge is 2.25. The molecule has 1 aliphatic rings. The van der Waals surface area contributed by atoms with Gasteiger partial charge in [0.25, 0.3) is 0 Å². The minimum absolute atomic E-state index is 0.104. The van der Waals surface area contributed by atoms with Crippen LogP contribution in [0.15, 0.2) is 18.3 Å². The highest BCUT2D eigenvalue weighted by Crippen LogP contribution is 2.19. The smallest absolute Gasteiger partial charge is 0.102 e. The van der Waals surface area contributed by atoms with Crippen LogP contribution in [0.1, 0.15) is 11.7 Å². The predicted octanol–water partition coefficient (Wildman–Crippen LogP) is 0.691. The highest BCUT2D eigenvalue weighted by molar-refractivity contribution is 5.11. The Morgan fingerprint density at radius 1 is 1.57 bits per heavy atom. The monoisotopic (exact) mass is 196 g/mol. The van der Waals surface area contributed by atoms with E-state index in [0.29, 0.717) is 19.8 Å². The lowest BCUT2D eigenvalue weighted by atomic mass is 10.1. The molecule has 0 radical (unpaired) electrons. The summed E-state index contributed by atoms with van der Waals surface area (Å²) in [6, 6.07) is 4.23. The molecule has 0 spiro atoms. The van der Waals surface area contributed by atoms with Crippen LogP contribution in [0, 0.1) is 0 Å². The van der Waals surface area contributed by atoms with Crippen LogP contribution in [0.5, 0.6) is 0 Å².